The van der Waals surface area contributed by atoms with Crippen LogP contribution in [0.1, 0.15) is 30.9 Å². The fraction of sp³-hybridized carbons (Fsp3) is 0.0526. The Balaban J connectivity index is 1.16. The van der Waals surface area contributed by atoms with Crippen LogP contribution in [0.4, 0.5) is 10.8 Å². The third-order valence-corrected chi connectivity index (χ3v) is 10.1. The van der Waals surface area contributed by atoms with Crippen LogP contribution in [0.5, 0.6) is 0 Å². The number of nitrogens with one attached hydrogen (secondary N) is 3. The Kier molecular flexibility index (Phi) is 10.6. The molecule has 2 heterocycles. The zero-order chi connectivity index (χ0) is 33.3. The van der Waals surface area contributed by atoms with Gasteiger partial charge in [0.15, 0.2) is 5.13 Å². The number of thiophene rings is 1. The van der Waals surface area contributed by atoms with Gasteiger partial charge in [0.1, 0.15) is 10.9 Å². The van der Waals surface area contributed by atoms with Crippen LogP contribution in [0.3, 0.4) is 0 Å². The van der Waals surface area contributed by atoms with Gasteiger partial charge in [-0.2, -0.15) is 0 Å². The van der Waals surface area contributed by atoms with Gasteiger partial charge in [0.2, 0.25) is 5.91 Å². The predicted octanol–water partition coefficient (Wildman–Crippen LogP) is 9.06. The van der Waals surface area contributed by atoms with Gasteiger partial charge in [0, 0.05) is 31.5 Å². The summed E-state index contributed by atoms with van der Waals surface area (Å²) in [5, 5.41) is 10.6. The molecule has 0 fully saturated rings. The van der Waals surface area contributed by atoms with Crippen LogP contribution in [0.15, 0.2) is 143 Å². The standard InChI is InChI=1S/C38H30N4O3S3/c1-25-33(26-12-5-2-6-13-26)41-38(47-25)42-37(45)34(27-14-7-3-8-15-27)48-30-21-19-29(20-22-30)39-36(44)32(24-31-18-11-23-46-31)40-35(43)28-16-9-4-10-17-28/h2-24,34H,1H3,(H,39,44)(H,40,43)(H,41,42,45)/b32-24-. The van der Waals surface area contributed by atoms with Crippen molar-refractivity contribution in [3.8, 4) is 11.3 Å². The molecule has 1 atom stereocenters. The first-order valence-corrected chi connectivity index (χ1v) is 17.6. The molecule has 1 unspecified atom stereocenters. The van der Waals surface area contributed by atoms with Gasteiger partial charge in [0.25, 0.3) is 11.8 Å². The van der Waals surface area contributed by atoms with E-state index in [1.165, 1.54) is 34.4 Å². The first kappa shape index (κ1) is 32.6. The molecule has 0 aliphatic heterocycles. The van der Waals surface area contributed by atoms with Crippen molar-refractivity contribution < 1.29 is 14.4 Å². The van der Waals surface area contributed by atoms with Crippen LogP contribution < -0.4 is 16.0 Å². The molecular weight excluding hydrogens is 657 g/mol. The minimum atomic E-state index is -0.551. The van der Waals surface area contributed by atoms with Crippen LogP contribution in [0, 0.1) is 6.92 Å². The number of benzene rings is 4. The Morgan fingerprint density at radius 2 is 1.44 bits per heavy atom. The van der Waals surface area contributed by atoms with Crippen LogP contribution in [0.2, 0.25) is 0 Å². The van der Waals surface area contributed by atoms with Gasteiger partial charge in [-0.1, -0.05) is 84.9 Å². The zero-order valence-electron chi connectivity index (χ0n) is 25.8. The second kappa shape index (κ2) is 15.5. The molecular formula is C38H30N4O3S3. The number of aryl methyl sites for hydroxylation is 1. The normalized spacial score (nSPS) is 11.8. The molecule has 7 nitrogen and oxygen atoms in total. The van der Waals surface area contributed by atoms with Gasteiger partial charge in [-0.15, -0.1) is 34.4 Å². The van der Waals surface area contributed by atoms with Gasteiger partial charge in [-0.25, -0.2) is 4.98 Å². The quantitative estimate of drug-likeness (QED) is 0.0933. The molecule has 3 amide bonds. The lowest BCUT2D eigenvalue weighted by molar-refractivity contribution is -0.116. The molecule has 238 valence electrons. The van der Waals surface area contributed by atoms with E-state index in [1.807, 2.05) is 103 Å². The molecule has 4 aromatic carbocycles. The summed E-state index contributed by atoms with van der Waals surface area (Å²) in [5.74, 6) is -1.02. The van der Waals surface area contributed by atoms with E-state index in [9.17, 15) is 14.4 Å². The van der Waals surface area contributed by atoms with Gasteiger partial charge in [-0.3, -0.25) is 14.4 Å². The number of thiazole rings is 1. The number of anilines is 2. The lowest BCUT2D eigenvalue weighted by atomic mass is 10.1. The maximum absolute atomic E-state index is 13.7. The van der Waals surface area contributed by atoms with E-state index in [-0.39, 0.29) is 17.5 Å². The Bertz CT molecular complexity index is 2030. The molecule has 3 N–H and O–H groups in total. The Morgan fingerprint density at radius 1 is 0.771 bits per heavy atom. The largest absolute Gasteiger partial charge is 0.321 e. The lowest BCUT2D eigenvalue weighted by Crippen LogP contribution is -2.30. The third kappa shape index (κ3) is 8.34. The summed E-state index contributed by atoms with van der Waals surface area (Å²) in [6.07, 6.45) is 1.65. The molecule has 0 radical (unpaired) electrons. The Labute approximate surface area is 290 Å². The average molecular weight is 687 g/mol. The zero-order valence-corrected chi connectivity index (χ0v) is 28.2. The van der Waals surface area contributed by atoms with Gasteiger partial charge >= 0.3 is 0 Å². The second-order valence-corrected chi connectivity index (χ2v) is 13.9. The first-order valence-electron chi connectivity index (χ1n) is 15.0. The van der Waals surface area contributed by atoms with E-state index in [4.69, 9.17) is 4.98 Å². The third-order valence-electron chi connectivity index (χ3n) is 7.14. The number of carbonyl (C=O) groups excluding carboxylic acids is 3. The summed E-state index contributed by atoms with van der Waals surface area (Å²) in [6, 6.07) is 39.3. The Hall–Kier alpha value is -5.29. The second-order valence-electron chi connectivity index (χ2n) is 10.6. The number of carbonyl (C=O) groups is 3. The molecule has 0 saturated heterocycles. The van der Waals surface area contributed by atoms with Crippen molar-refractivity contribution in [2.45, 2.75) is 17.1 Å². The molecule has 0 saturated carbocycles. The molecule has 0 aliphatic rings. The Morgan fingerprint density at radius 3 is 2.10 bits per heavy atom. The monoisotopic (exact) mass is 686 g/mol. The molecule has 0 aliphatic carbocycles. The van der Waals surface area contributed by atoms with Crippen molar-refractivity contribution in [2.24, 2.45) is 0 Å². The maximum atomic E-state index is 13.7. The number of aromatic nitrogens is 1. The molecule has 0 spiro atoms. The number of rotatable bonds is 11. The van der Waals surface area contributed by atoms with Crippen molar-refractivity contribution in [2.75, 3.05) is 10.6 Å². The molecule has 6 aromatic rings. The van der Waals surface area contributed by atoms with Crippen molar-refractivity contribution >= 4 is 69.1 Å². The van der Waals surface area contributed by atoms with Crippen molar-refractivity contribution in [1.29, 1.82) is 0 Å². The fourth-order valence-electron chi connectivity index (χ4n) is 4.79. The molecule has 48 heavy (non-hydrogen) atoms. The molecule has 0 bridgehead atoms. The van der Waals surface area contributed by atoms with E-state index in [1.54, 1.807) is 42.5 Å². The molecule has 10 heteroatoms. The van der Waals surface area contributed by atoms with Crippen molar-refractivity contribution in [3.05, 3.63) is 159 Å². The number of hydrogen-bond acceptors (Lipinski definition) is 7. The SMILES string of the molecule is Cc1sc(NC(=O)C(Sc2ccc(NC(=O)/C(=C/c3cccs3)NC(=O)c3ccccc3)cc2)c2ccccc2)nc1-c1ccccc1. The average Bonchev–Trinajstić information content (AvgIpc) is 3.77. The number of amides is 3. The summed E-state index contributed by atoms with van der Waals surface area (Å²) in [7, 11) is 0. The number of thioether (sulfide) groups is 1. The summed E-state index contributed by atoms with van der Waals surface area (Å²) < 4.78 is 0. The number of nitrogens with zero attached hydrogens (tertiary/aromatic N) is 1. The summed E-state index contributed by atoms with van der Waals surface area (Å²) >= 11 is 4.31. The molecule has 6 rings (SSSR count). The minimum Gasteiger partial charge on any atom is -0.321 e. The maximum Gasteiger partial charge on any atom is 0.272 e. The number of hydrogen-bond donors (Lipinski definition) is 3. The summed E-state index contributed by atoms with van der Waals surface area (Å²) in [4.78, 5) is 47.4. The van der Waals surface area contributed by atoms with E-state index >= 15 is 0 Å². The van der Waals surface area contributed by atoms with E-state index < -0.39 is 11.2 Å². The summed E-state index contributed by atoms with van der Waals surface area (Å²) in [5.41, 5.74) is 3.82. The lowest BCUT2D eigenvalue weighted by Gasteiger charge is -2.17. The van der Waals surface area contributed by atoms with Crippen LogP contribution in [0.25, 0.3) is 17.3 Å². The van der Waals surface area contributed by atoms with Crippen LogP contribution >= 0.6 is 34.4 Å². The minimum absolute atomic E-state index is 0.124. The van der Waals surface area contributed by atoms with E-state index in [2.05, 4.69) is 16.0 Å². The van der Waals surface area contributed by atoms with Crippen molar-refractivity contribution in [3.63, 3.8) is 0 Å². The molecule has 2 aromatic heterocycles. The first-order chi connectivity index (χ1) is 23.4. The van der Waals surface area contributed by atoms with Crippen LogP contribution in [-0.4, -0.2) is 22.7 Å². The topological polar surface area (TPSA) is 100 Å². The smallest absolute Gasteiger partial charge is 0.272 e. The van der Waals surface area contributed by atoms with E-state index in [0.29, 0.717) is 16.4 Å². The highest BCUT2D eigenvalue weighted by Gasteiger charge is 2.24. The van der Waals surface area contributed by atoms with Gasteiger partial charge in [0.05, 0.1) is 5.69 Å². The van der Waals surface area contributed by atoms with Gasteiger partial charge in [-0.05, 0) is 66.4 Å². The fourth-order valence-corrected chi connectivity index (χ4v) is 7.32. The van der Waals surface area contributed by atoms with E-state index in [0.717, 1.165) is 31.5 Å². The predicted molar refractivity (Wildman–Crippen MR) is 197 cm³/mol. The highest BCUT2D eigenvalue weighted by molar-refractivity contribution is 8.00. The highest BCUT2D eigenvalue weighted by Crippen LogP contribution is 2.38. The van der Waals surface area contributed by atoms with Gasteiger partial charge < -0.3 is 16.0 Å². The van der Waals surface area contributed by atoms with Crippen molar-refractivity contribution in [1.82, 2.24) is 10.3 Å². The van der Waals surface area contributed by atoms with Crippen LogP contribution in [-0.2, 0) is 9.59 Å². The summed E-state index contributed by atoms with van der Waals surface area (Å²) in [6.45, 7) is 2.00. The highest BCUT2D eigenvalue weighted by atomic mass is 32.2.